The molecule has 0 bridgehead atoms. The number of hydrogen-bond acceptors (Lipinski definition) is 2. The van der Waals surface area contributed by atoms with Gasteiger partial charge in [-0.05, 0) is 25.5 Å². The van der Waals surface area contributed by atoms with Crippen LogP contribution in [0, 0.1) is 0 Å². The number of hydrogen-bond donors (Lipinski definition) is 0. The zero-order valence-corrected chi connectivity index (χ0v) is 6.89. The lowest BCUT2D eigenvalue weighted by Crippen LogP contribution is -1.82. The Morgan fingerprint density at radius 2 is 2.27 bits per heavy atom. The minimum absolute atomic E-state index is 0.335. The second-order valence-electron chi connectivity index (χ2n) is 2.42. The summed E-state index contributed by atoms with van der Waals surface area (Å²) >= 11 is 0. The lowest BCUT2D eigenvalue weighted by Gasteiger charge is -1.94. The predicted octanol–water partition coefficient (Wildman–Crippen LogP) is 2.35. The van der Waals surface area contributed by atoms with Gasteiger partial charge in [-0.15, -0.1) is 0 Å². The van der Waals surface area contributed by atoms with Crippen LogP contribution in [-0.2, 0) is 9.47 Å². The van der Waals surface area contributed by atoms with Gasteiger partial charge in [0.05, 0.1) is 0 Å². The van der Waals surface area contributed by atoms with E-state index in [4.69, 9.17) is 9.47 Å². The Kier molecular flexibility index (Phi) is 2.36. The molecule has 0 aliphatic carbocycles. The first-order valence-corrected chi connectivity index (χ1v) is 3.51. The fraction of sp³-hybridized carbons (Fsp3) is 0.333. The van der Waals surface area contributed by atoms with Crippen LogP contribution in [0.2, 0.25) is 0 Å². The normalized spacial score (nSPS) is 17.8. The zero-order valence-electron chi connectivity index (χ0n) is 6.89. The standard InChI is InChI=1S/C9H12O2/c1-4-7(2)5-9-8(3)10-6-11-9/h4-5H,1,6H2,2-3H3/b7-5-. The van der Waals surface area contributed by atoms with Gasteiger partial charge in [-0.1, -0.05) is 12.7 Å². The van der Waals surface area contributed by atoms with E-state index in [9.17, 15) is 0 Å². The first-order chi connectivity index (χ1) is 5.24. The number of allylic oxidation sites excluding steroid dienone is 4. The summed E-state index contributed by atoms with van der Waals surface area (Å²) in [6.45, 7) is 7.83. The lowest BCUT2D eigenvalue weighted by molar-refractivity contribution is 0.0749. The van der Waals surface area contributed by atoms with Crippen molar-refractivity contribution in [1.29, 1.82) is 0 Å². The highest BCUT2D eigenvalue weighted by atomic mass is 16.7. The quantitative estimate of drug-likeness (QED) is 0.565. The zero-order chi connectivity index (χ0) is 8.27. The molecule has 0 saturated carbocycles. The van der Waals surface area contributed by atoms with Crippen LogP contribution in [0.25, 0.3) is 0 Å². The van der Waals surface area contributed by atoms with Gasteiger partial charge in [0, 0.05) is 0 Å². The first-order valence-electron chi connectivity index (χ1n) is 3.51. The second-order valence-corrected chi connectivity index (χ2v) is 2.42. The van der Waals surface area contributed by atoms with Crippen LogP contribution in [-0.4, -0.2) is 6.79 Å². The highest BCUT2D eigenvalue weighted by molar-refractivity contribution is 5.26. The Balaban J connectivity index is 2.75. The summed E-state index contributed by atoms with van der Waals surface area (Å²) in [4.78, 5) is 0. The van der Waals surface area contributed by atoms with E-state index in [1.54, 1.807) is 6.08 Å². The summed E-state index contributed by atoms with van der Waals surface area (Å²) in [6.07, 6.45) is 3.69. The smallest absolute Gasteiger partial charge is 0.230 e. The molecule has 1 rings (SSSR count). The van der Waals surface area contributed by atoms with Crippen molar-refractivity contribution in [2.24, 2.45) is 0 Å². The van der Waals surface area contributed by atoms with Gasteiger partial charge < -0.3 is 9.47 Å². The predicted molar refractivity (Wildman–Crippen MR) is 43.7 cm³/mol. The Hall–Kier alpha value is -1.18. The average molecular weight is 152 g/mol. The molecule has 0 atom stereocenters. The summed E-state index contributed by atoms with van der Waals surface area (Å²) in [5.41, 5.74) is 1.07. The molecule has 1 heterocycles. The summed E-state index contributed by atoms with van der Waals surface area (Å²) in [5.74, 6) is 1.65. The van der Waals surface area contributed by atoms with Crippen LogP contribution in [0.1, 0.15) is 13.8 Å². The fourth-order valence-corrected chi connectivity index (χ4v) is 0.763. The van der Waals surface area contributed by atoms with Crippen molar-refractivity contribution in [3.05, 3.63) is 35.8 Å². The van der Waals surface area contributed by atoms with E-state index in [-0.39, 0.29) is 0 Å². The molecule has 0 unspecified atom stereocenters. The van der Waals surface area contributed by atoms with Crippen LogP contribution in [0.3, 0.4) is 0 Å². The Morgan fingerprint density at radius 1 is 1.55 bits per heavy atom. The van der Waals surface area contributed by atoms with Crippen LogP contribution in [0.5, 0.6) is 0 Å². The minimum Gasteiger partial charge on any atom is -0.458 e. The van der Waals surface area contributed by atoms with Crippen LogP contribution in [0.15, 0.2) is 35.8 Å². The van der Waals surface area contributed by atoms with Gasteiger partial charge in [0.25, 0.3) is 0 Å². The van der Waals surface area contributed by atoms with E-state index in [0.717, 1.165) is 17.1 Å². The van der Waals surface area contributed by atoms with Crippen molar-refractivity contribution in [1.82, 2.24) is 0 Å². The largest absolute Gasteiger partial charge is 0.458 e. The third kappa shape index (κ3) is 1.87. The van der Waals surface area contributed by atoms with Crippen molar-refractivity contribution >= 4 is 0 Å². The van der Waals surface area contributed by atoms with E-state index in [1.165, 1.54) is 0 Å². The van der Waals surface area contributed by atoms with Crippen LogP contribution in [0.4, 0.5) is 0 Å². The molecule has 2 heteroatoms. The molecule has 0 aromatic carbocycles. The molecule has 0 spiro atoms. The molecule has 1 aliphatic rings. The summed E-state index contributed by atoms with van der Waals surface area (Å²) in [6, 6.07) is 0. The van der Waals surface area contributed by atoms with Crippen molar-refractivity contribution in [3.63, 3.8) is 0 Å². The van der Waals surface area contributed by atoms with E-state index in [2.05, 4.69) is 6.58 Å². The van der Waals surface area contributed by atoms with Crippen molar-refractivity contribution < 1.29 is 9.47 Å². The molecule has 0 aromatic rings. The van der Waals surface area contributed by atoms with Gasteiger partial charge in [-0.25, -0.2) is 0 Å². The molecule has 0 saturated heterocycles. The topological polar surface area (TPSA) is 18.5 Å². The highest BCUT2D eigenvalue weighted by Gasteiger charge is 2.09. The van der Waals surface area contributed by atoms with Crippen LogP contribution >= 0.6 is 0 Å². The minimum atomic E-state index is 0.335. The molecular formula is C9H12O2. The van der Waals surface area contributed by atoms with Crippen LogP contribution < -0.4 is 0 Å². The van der Waals surface area contributed by atoms with Gasteiger partial charge in [0.2, 0.25) is 6.79 Å². The second kappa shape index (κ2) is 3.28. The van der Waals surface area contributed by atoms with E-state index < -0.39 is 0 Å². The third-order valence-corrected chi connectivity index (χ3v) is 1.52. The molecule has 0 aromatic heterocycles. The molecular weight excluding hydrogens is 140 g/mol. The van der Waals surface area contributed by atoms with E-state index in [0.29, 0.717) is 6.79 Å². The maximum atomic E-state index is 5.17. The van der Waals surface area contributed by atoms with Crippen molar-refractivity contribution in [2.45, 2.75) is 13.8 Å². The Bertz CT molecular complexity index is 224. The Labute approximate surface area is 66.8 Å². The highest BCUT2D eigenvalue weighted by Crippen LogP contribution is 2.17. The van der Waals surface area contributed by atoms with Gasteiger partial charge >= 0.3 is 0 Å². The molecule has 0 radical (unpaired) electrons. The molecule has 0 N–H and O–H groups in total. The average Bonchev–Trinajstić information content (AvgIpc) is 2.37. The molecule has 11 heavy (non-hydrogen) atoms. The Morgan fingerprint density at radius 3 is 2.73 bits per heavy atom. The summed E-state index contributed by atoms with van der Waals surface area (Å²) < 4.78 is 10.3. The van der Waals surface area contributed by atoms with Gasteiger partial charge in [0.15, 0.2) is 5.76 Å². The SMILES string of the molecule is C=C/C(C)=C\C1=C(C)OCO1. The van der Waals surface area contributed by atoms with Gasteiger partial charge in [-0.3, -0.25) is 0 Å². The fourth-order valence-electron chi connectivity index (χ4n) is 0.763. The van der Waals surface area contributed by atoms with E-state index in [1.807, 2.05) is 19.9 Å². The number of ether oxygens (including phenoxy) is 2. The molecule has 0 fully saturated rings. The van der Waals surface area contributed by atoms with E-state index >= 15 is 0 Å². The number of rotatable bonds is 2. The summed E-state index contributed by atoms with van der Waals surface area (Å²) in [5, 5.41) is 0. The molecule has 0 amide bonds. The van der Waals surface area contributed by atoms with Crippen molar-refractivity contribution in [3.8, 4) is 0 Å². The summed E-state index contributed by atoms with van der Waals surface area (Å²) in [7, 11) is 0. The molecule has 1 aliphatic heterocycles. The maximum absolute atomic E-state index is 5.17. The molecule has 60 valence electrons. The lowest BCUT2D eigenvalue weighted by atomic mass is 10.2. The van der Waals surface area contributed by atoms with Crippen molar-refractivity contribution in [2.75, 3.05) is 6.79 Å². The monoisotopic (exact) mass is 152 g/mol. The first kappa shape index (κ1) is 7.92. The maximum Gasteiger partial charge on any atom is 0.230 e. The van der Waals surface area contributed by atoms with Gasteiger partial charge in [0.1, 0.15) is 5.76 Å². The third-order valence-electron chi connectivity index (χ3n) is 1.52. The molecule has 2 nitrogen and oxygen atoms in total. The van der Waals surface area contributed by atoms with Gasteiger partial charge in [-0.2, -0.15) is 0 Å².